The molecule has 178 valence electrons. The molecule has 2 aromatic carbocycles. The van der Waals surface area contributed by atoms with Crippen LogP contribution < -0.4 is 9.47 Å². The first-order valence-corrected chi connectivity index (χ1v) is 9.90. The van der Waals surface area contributed by atoms with Crippen molar-refractivity contribution in [3.05, 3.63) is 63.7 Å². The molecule has 8 nitrogen and oxygen atoms in total. The molecule has 0 radical (unpaired) electrons. The maximum atomic E-state index is 13.0. The molecular formula is C22H23F3N2O6. The van der Waals surface area contributed by atoms with E-state index in [0.717, 1.165) is 0 Å². The summed E-state index contributed by atoms with van der Waals surface area (Å²) in [6.45, 7) is -0.666. The highest BCUT2D eigenvalue weighted by molar-refractivity contribution is 5.94. The normalized spacial score (nSPS) is 11.1. The van der Waals surface area contributed by atoms with E-state index in [0.29, 0.717) is 22.0 Å². The van der Waals surface area contributed by atoms with Crippen molar-refractivity contribution >= 4 is 17.4 Å². The van der Waals surface area contributed by atoms with Gasteiger partial charge in [-0.2, -0.15) is 13.2 Å². The van der Waals surface area contributed by atoms with Gasteiger partial charge < -0.3 is 14.4 Å². The number of nitrogens with zero attached hydrogens (tertiary/aromatic N) is 2. The largest absolute Gasteiger partial charge is 0.493 e. The highest BCUT2D eigenvalue weighted by Gasteiger charge is 2.33. The van der Waals surface area contributed by atoms with Crippen LogP contribution >= 0.6 is 0 Å². The number of methoxy groups -OCH3 is 1. The Hall–Kier alpha value is -3.63. The number of halogens is 3. The predicted octanol–water partition coefficient (Wildman–Crippen LogP) is 4.56. The van der Waals surface area contributed by atoms with Gasteiger partial charge in [0.1, 0.15) is 6.54 Å². The molecule has 0 saturated carbocycles. The van der Waals surface area contributed by atoms with Crippen molar-refractivity contribution in [2.45, 2.75) is 32.5 Å². The molecule has 0 spiro atoms. The maximum absolute atomic E-state index is 13.0. The number of hydrogen-bond acceptors (Lipinski definition) is 6. The number of alkyl halides is 3. The van der Waals surface area contributed by atoms with Gasteiger partial charge >= 0.3 is 6.18 Å². The molecule has 33 heavy (non-hydrogen) atoms. The maximum Gasteiger partial charge on any atom is 0.406 e. The molecule has 0 heterocycles. The number of rotatable bonds is 11. The minimum absolute atomic E-state index is 0.00616. The van der Waals surface area contributed by atoms with Crippen LogP contribution in [0.4, 0.5) is 18.9 Å². The molecule has 2 rings (SSSR count). The Morgan fingerprint density at radius 1 is 1.12 bits per heavy atom. The first-order valence-electron chi connectivity index (χ1n) is 9.90. The monoisotopic (exact) mass is 468 g/mol. The SMILES string of the molecule is COc1cc(C(C)=O)ccc1OCCCC(=O)N(Cc1ccccc1[N+](=O)[O-])CC(F)(F)F. The van der Waals surface area contributed by atoms with Gasteiger partial charge in [0, 0.05) is 23.6 Å². The van der Waals surface area contributed by atoms with Crippen LogP contribution in [-0.2, 0) is 11.3 Å². The summed E-state index contributed by atoms with van der Waals surface area (Å²) >= 11 is 0. The van der Waals surface area contributed by atoms with E-state index >= 15 is 0 Å². The van der Waals surface area contributed by atoms with E-state index in [1.807, 2.05) is 0 Å². The first-order chi connectivity index (χ1) is 15.5. The van der Waals surface area contributed by atoms with Crippen molar-refractivity contribution < 1.29 is 37.2 Å². The molecule has 0 aromatic heterocycles. The Morgan fingerprint density at radius 2 is 1.82 bits per heavy atom. The highest BCUT2D eigenvalue weighted by Crippen LogP contribution is 2.29. The van der Waals surface area contributed by atoms with Crippen LogP contribution in [0.1, 0.15) is 35.7 Å². The van der Waals surface area contributed by atoms with Gasteiger partial charge in [-0.1, -0.05) is 18.2 Å². The van der Waals surface area contributed by atoms with E-state index in [2.05, 4.69) is 0 Å². The van der Waals surface area contributed by atoms with E-state index in [9.17, 15) is 32.9 Å². The lowest BCUT2D eigenvalue weighted by molar-refractivity contribution is -0.385. The second kappa shape index (κ2) is 11.3. The lowest BCUT2D eigenvalue weighted by Crippen LogP contribution is -2.38. The zero-order chi connectivity index (χ0) is 24.6. The van der Waals surface area contributed by atoms with Crippen LogP contribution in [0.15, 0.2) is 42.5 Å². The van der Waals surface area contributed by atoms with Gasteiger partial charge in [0.15, 0.2) is 17.3 Å². The third kappa shape index (κ3) is 7.78. The summed E-state index contributed by atoms with van der Waals surface area (Å²) in [4.78, 5) is 34.9. The van der Waals surface area contributed by atoms with Crippen LogP contribution in [0.2, 0.25) is 0 Å². The smallest absolute Gasteiger partial charge is 0.406 e. The summed E-state index contributed by atoms with van der Waals surface area (Å²) in [6, 6.07) is 9.91. The second-order valence-electron chi connectivity index (χ2n) is 7.12. The quantitative estimate of drug-likeness (QED) is 0.208. The lowest BCUT2D eigenvalue weighted by atomic mass is 10.1. The standard InChI is InChI=1S/C22H23F3N2O6/c1-15(28)16-9-10-19(20(12-16)32-2)33-11-5-8-21(29)26(14-22(23,24)25)13-17-6-3-4-7-18(17)27(30)31/h3-4,6-7,9-10,12H,5,8,11,13-14H2,1-2H3. The number of hydrogen-bond donors (Lipinski definition) is 0. The van der Waals surface area contributed by atoms with Crippen molar-refractivity contribution in [2.24, 2.45) is 0 Å². The van der Waals surface area contributed by atoms with Crippen LogP contribution in [0.3, 0.4) is 0 Å². The Labute approximate surface area is 188 Å². The van der Waals surface area contributed by atoms with Gasteiger partial charge in [-0.3, -0.25) is 19.7 Å². The topological polar surface area (TPSA) is 99.0 Å². The van der Waals surface area contributed by atoms with E-state index in [1.165, 1.54) is 50.4 Å². The number of carbonyl (C=O) groups excluding carboxylic acids is 2. The van der Waals surface area contributed by atoms with E-state index < -0.39 is 30.1 Å². The Balaban J connectivity index is 2.02. The van der Waals surface area contributed by atoms with Crippen molar-refractivity contribution in [3.63, 3.8) is 0 Å². The first kappa shape index (κ1) is 25.6. The molecule has 0 aliphatic rings. The summed E-state index contributed by atoms with van der Waals surface area (Å²) in [5.74, 6) is -0.340. The zero-order valence-corrected chi connectivity index (χ0v) is 18.1. The molecule has 1 amide bonds. The minimum Gasteiger partial charge on any atom is -0.493 e. The number of ketones is 1. The highest BCUT2D eigenvalue weighted by atomic mass is 19.4. The molecule has 0 aliphatic heterocycles. The number of ether oxygens (including phenoxy) is 2. The zero-order valence-electron chi connectivity index (χ0n) is 18.1. The molecule has 0 atom stereocenters. The molecule has 0 unspecified atom stereocenters. The van der Waals surface area contributed by atoms with Gasteiger partial charge in [0.05, 0.1) is 25.2 Å². The van der Waals surface area contributed by atoms with E-state index in [-0.39, 0.29) is 36.5 Å². The average Bonchev–Trinajstić information content (AvgIpc) is 2.75. The van der Waals surface area contributed by atoms with Crippen molar-refractivity contribution in [1.29, 1.82) is 0 Å². The van der Waals surface area contributed by atoms with Crippen LogP contribution in [0.5, 0.6) is 11.5 Å². The molecule has 0 N–H and O–H groups in total. The molecule has 0 aliphatic carbocycles. The van der Waals surface area contributed by atoms with Crippen LogP contribution in [0.25, 0.3) is 0 Å². The number of carbonyl (C=O) groups is 2. The number of amides is 1. The van der Waals surface area contributed by atoms with Crippen molar-refractivity contribution in [2.75, 3.05) is 20.3 Å². The number of nitro benzene ring substituents is 1. The fraction of sp³-hybridized carbons (Fsp3) is 0.364. The molecule has 11 heteroatoms. The number of Topliss-reactive ketones (excluding diaryl/α,β-unsaturated/α-hetero) is 1. The number of nitro groups is 1. The summed E-state index contributed by atoms with van der Waals surface area (Å²) in [6.07, 6.45) is -4.83. The molecule has 2 aromatic rings. The lowest BCUT2D eigenvalue weighted by Gasteiger charge is -2.24. The minimum atomic E-state index is -4.67. The molecule has 0 bridgehead atoms. The van der Waals surface area contributed by atoms with E-state index in [4.69, 9.17) is 9.47 Å². The van der Waals surface area contributed by atoms with Gasteiger partial charge in [0.25, 0.3) is 5.69 Å². The van der Waals surface area contributed by atoms with Gasteiger partial charge in [-0.15, -0.1) is 0 Å². The van der Waals surface area contributed by atoms with Crippen molar-refractivity contribution in [3.8, 4) is 11.5 Å². The van der Waals surface area contributed by atoms with Gasteiger partial charge in [-0.05, 0) is 31.5 Å². The van der Waals surface area contributed by atoms with Crippen LogP contribution in [-0.4, -0.2) is 48.0 Å². The average molecular weight is 468 g/mol. The second-order valence-corrected chi connectivity index (χ2v) is 7.12. The number of benzene rings is 2. The van der Waals surface area contributed by atoms with E-state index in [1.54, 1.807) is 6.07 Å². The molecule has 0 fully saturated rings. The van der Waals surface area contributed by atoms with Crippen LogP contribution in [0, 0.1) is 10.1 Å². The summed E-state index contributed by atoms with van der Waals surface area (Å²) in [7, 11) is 1.40. The van der Waals surface area contributed by atoms with Gasteiger partial charge in [-0.25, -0.2) is 0 Å². The third-order valence-electron chi connectivity index (χ3n) is 4.64. The third-order valence-corrected chi connectivity index (χ3v) is 4.64. The number of para-hydroxylation sites is 1. The summed E-state index contributed by atoms with van der Waals surface area (Å²) in [5, 5.41) is 11.1. The van der Waals surface area contributed by atoms with Gasteiger partial charge in [0.2, 0.25) is 5.91 Å². The Bertz CT molecular complexity index is 1010. The Kier molecular flexibility index (Phi) is 8.78. The predicted molar refractivity (Wildman–Crippen MR) is 112 cm³/mol. The summed E-state index contributed by atoms with van der Waals surface area (Å²) < 4.78 is 49.8. The van der Waals surface area contributed by atoms with Crippen molar-refractivity contribution in [1.82, 2.24) is 4.90 Å². The summed E-state index contributed by atoms with van der Waals surface area (Å²) in [5.41, 5.74) is 0.0701. The Morgan fingerprint density at radius 3 is 2.42 bits per heavy atom. The fourth-order valence-corrected chi connectivity index (χ4v) is 3.05. The fourth-order valence-electron chi connectivity index (χ4n) is 3.05. The molecular weight excluding hydrogens is 445 g/mol. The molecule has 0 saturated heterocycles.